The summed E-state index contributed by atoms with van der Waals surface area (Å²) in [6, 6.07) is 0.240. The SMILES string of the molecule is CC(C)NC(=O)CCN1CCN(CCN)CC1. The average molecular weight is 242 g/mol. The van der Waals surface area contributed by atoms with Gasteiger partial charge < -0.3 is 16.0 Å². The molecule has 3 N–H and O–H groups in total. The van der Waals surface area contributed by atoms with Gasteiger partial charge in [-0.15, -0.1) is 0 Å². The molecule has 0 aromatic rings. The molecule has 100 valence electrons. The second kappa shape index (κ2) is 7.63. The van der Waals surface area contributed by atoms with E-state index in [9.17, 15) is 4.79 Å². The van der Waals surface area contributed by atoms with Crippen LogP contribution in [0.2, 0.25) is 0 Å². The van der Waals surface area contributed by atoms with Gasteiger partial charge in [0.15, 0.2) is 0 Å². The number of carbonyl (C=O) groups excluding carboxylic acids is 1. The van der Waals surface area contributed by atoms with Crippen LogP contribution in [-0.2, 0) is 4.79 Å². The van der Waals surface area contributed by atoms with Gasteiger partial charge in [-0.3, -0.25) is 9.69 Å². The molecular formula is C12H26N4O. The maximum absolute atomic E-state index is 11.5. The molecule has 5 heteroatoms. The van der Waals surface area contributed by atoms with Gasteiger partial charge in [-0.1, -0.05) is 0 Å². The third kappa shape index (κ3) is 6.00. The Morgan fingerprint density at radius 1 is 1.18 bits per heavy atom. The van der Waals surface area contributed by atoms with Crippen LogP contribution >= 0.6 is 0 Å². The van der Waals surface area contributed by atoms with Crippen LogP contribution in [-0.4, -0.2) is 67.6 Å². The lowest BCUT2D eigenvalue weighted by atomic mass is 10.2. The van der Waals surface area contributed by atoms with Crippen molar-refractivity contribution in [2.45, 2.75) is 26.3 Å². The highest BCUT2D eigenvalue weighted by Gasteiger charge is 2.16. The van der Waals surface area contributed by atoms with Crippen molar-refractivity contribution in [1.82, 2.24) is 15.1 Å². The summed E-state index contributed by atoms with van der Waals surface area (Å²) in [4.78, 5) is 16.2. The number of nitrogens with two attached hydrogens (primary N) is 1. The third-order valence-electron chi connectivity index (χ3n) is 3.01. The van der Waals surface area contributed by atoms with Crippen LogP contribution in [0, 0.1) is 0 Å². The summed E-state index contributed by atoms with van der Waals surface area (Å²) in [5.74, 6) is 0.157. The Morgan fingerprint density at radius 3 is 2.18 bits per heavy atom. The second-order valence-corrected chi connectivity index (χ2v) is 4.94. The highest BCUT2D eigenvalue weighted by molar-refractivity contribution is 5.76. The molecule has 0 unspecified atom stereocenters. The Balaban J connectivity index is 2.11. The van der Waals surface area contributed by atoms with Crippen molar-refractivity contribution < 1.29 is 4.79 Å². The Kier molecular flexibility index (Phi) is 6.47. The summed E-state index contributed by atoms with van der Waals surface area (Å²) in [5, 5.41) is 2.92. The van der Waals surface area contributed by atoms with Crippen molar-refractivity contribution in [2.24, 2.45) is 5.73 Å². The highest BCUT2D eigenvalue weighted by Crippen LogP contribution is 2.01. The lowest BCUT2D eigenvalue weighted by Gasteiger charge is -2.34. The first-order chi connectivity index (χ1) is 8.11. The minimum absolute atomic E-state index is 0.157. The Labute approximate surface area is 104 Å². The lowest BCUT2D eigenvalue weighted by Crippen LogP contribution is -2.48. The zero-order valence-corrected chi connectivity index (χ0v) is 11.1. The lowest BCUT2D eigenvalue weighted by molar-refractivity contribution is -0.122. The Morgan fingerprint density at radius 2 is 1.71 bits per heavy atom. The van der Waals surface area contributed by atoms with Crippen LogP contribution < -0.4 is 11.1 Å². The van der Waals surface area contributed by atoms with Crippen LogP contribution in [0.1, 0.15) is 20.3 Å². The van der Waals surface area contributed by atoms with E-state index in [0.29, 0.717) is 6.42 Å². The number of hydrogen-bond acceptors (Lipinski definition) is 4. The van der Waals surface area contributed by atoms with Crippen LogP contribution in [0.15, 0.2) is 0 Å². The van der Waals surface area contributed by atoms with Gasteiger partial charge in [0, 0.05) is 58.3 Å². The molecule has 1 aliphatic rings. The van der Waals surface area contributed by atoms with Gasteiger partial charge in [-0.05, 0) is 13.8 Å². The molecule has 1 saturated heterocycles. The highest BCUT2D eigenvalue weighted by atomic mass is 16.1. The van der Waals surface area contributed by atoms with E-state index in [1.165, 1.54) is 0 Å². The zero-order valence-electron chi connectivity index (χ0n) is 11.1. The summed E-state index contributed by atoms with van der Waals surface area (Å²) < 4.78 is 0. The standard InChI is InChI=1S/C12H26N4O/c1-11(2)14-12(17)3-5-15-7-9-16(6-4-13)10-8-15/h11H,3-10,13H2,1-2H3,(H,14,17). The first-order valence-corrected chi connectivity index (χ1v) is 6.56. The molecule has 0 aromatic heterocycles. The van der Waals surface area contributed by atoms with E-state index in [2.05, 4.69) is 15.1 Å². The van der Waals surface area contributed by atoms with Gasteiger partial charge in [0.1, 0.15) is 0 Å². The molecule has 0 radical (unpaired) electrons. The molecule has 5 nitrogen and oxygen atoms in total. The second-order valence-electron chi connectivity index (χ2n) is 4.94. The van der Waals surface area contributed by atoms with Gasteiger partial charge in [0.2, 0.25) is 5.91 Å². The molecule has 0 aliphatic carbocycles. The van der Waals surface area contributed by atoms with Gasteiger partial charge in [-0.25, -0.2) is 0 Å². The summed E-state index contributed by atoms with van der Waals surface area (Å²) in [5.41, 5.74) is 5.53. The first kappa shape index (κ1) is 14.4. The molecule has 0 atom stereocenters. The Hall–Kier alpha value is -0.650. The van der Waals surface area contributed by atoms with E-state index in [4.69, 9.17) is 5.73 Å². The van der Waals surface area contributed by atoms with Crippen molar-refractivity contribution in [3.8, 4) is 0 Å². The van der Waals surface area contributed by atoms with Crippen molar-refractivity contribution in [2.75, 3.05) is 45.8 Å². The third-order valence-corrected chi connectivity index (χ3v) is 3.01. The molecule has 1 rings (SSSR count). The van der Waals surface area contributed by atoms with E-state index in [1.807, 2.05) is 13.8 Å². The van der Waals surface area contributed by atoms with Gasteiger partial charge in [0.05, 0.1) is 0 Å². The van der Waals surface area contributed by atoms with Crippen molar-refractivity contribution in [1.29, 1.82) is 0 Å². The minimum Gasteiger partial charge on any atom is -0.354 e. The average Bonchev–Trinajstić information content (AvgIpc) is 2.28. The number of carbonyl (C=O) groups is 1. The summed E-state index contributed by atoms with van der Waals surface area (Å²) in [6.45, 7) is 10.8. The fourth-order valence-corrected chi connectivity index (χ4v) is 2.07. The van der Waals surface area contributed by atoms with Gasteiger partial charge >= 0.3 is 0 Å². The van der Waals surface area contributed by atoms with E-state index in [-0.39, 0.29) is 11.9 Å². The largest absolute Gasteiger partial charge is 0.354 e. The summed E-state index contributed by atoms with van der Waals surface area (Å²) in [7, 11) is 0. The summed E-state index contributed by atoms with van der Waals surface area (Å²) >= 11 is 0. The molecule has 0 aromatic carbocycles. The number of piperazine rings is 1. The molecule has 1 aliphatic heterocycles. The minimum atomic E-state index is 0.157. The zero-order chi connectivity index (χ0) is 12.7. The maximum Gasteiger partial charge on any atom is 0.221 e. The van der Waals surface area contributed by atoms with Crippen LogP contribution in [0.4, 0.5) is 0 Å². The summed E-state index contributed by atoms with van der Waals surface area (Å²) in [6.07, 6.45) is 0.606. The molecule has 1 fully saturated rings. The van der Waals surface area contributed by atoms with Crippen molar-refractivity contribution >= 4 is 5.91 Å². The molecule has 0 spiro atoms. The van der Waals surface area contributed by atoms with Gasteiger partial charge in [-0.2, -0.15) is 0 Å². The topological polar surface area (TPSA) is 61.6 Å². The molecular weight excluding hydrogens is 216 g/mol. The molecule has 1 amide bonds. The smallest absolute Gasteiger partial charge is 0.221 e. The fraction of sp³-hybridized carbons (Fsp3) is 0.917. The molecule has 0 saturated carbocycles. The van der Waals surface area contributed by atoms with E-state index < -0.39 is 0 Å². The van der Waals surface area contributed by atoms with Crippen LogP contribution in [0.25, 0.3) is 0 Å². The van der Waals surface area contributed by atoms with Crippen molar-refractivity contribution in [3.05, 3.63) is 0 Å². The van der Waals surface area contributed by atoms with Crippen LogP contribution in [0.5, 0.6) is 0 Å². The number of amides is 1. The quantitative estimate of drug-likeness (QED) is 0.658. The molecule has 1 heterocycles. The number of rotatable bonds is 6. The van der Waals surface area contributed by atoms with Gasteiger partial charge in [0.25, 0.3) is 0 Å². The Bertz CT molecular complexity index is 225. The first-order valence-electron chi connectivity index (χ1n) is 6.56. The predicted octanol–water partition coefficient (Wildman–Crippen LogP) is -0.523. The molecule has 17 heavy (non-hydrogen) atoms. The normalized spacial score (nSPS) is 18.6. The maximum atomic E-state index is 11.5. The fourth-order valence-electron chi connectivity index (χ4n) is 2.07. The van der Waals surface area contributed by atoms with E-state index in [0.717, 1.165) is 45.8 Å². The van der Waals surface area contributed by atoms with Crippen LogP contribution in [0.3, 0.4) is 0 Å². The predicted molar refractivity (Wildman–Crippen MR) is 69.8 cm³/mol. The monoisotopic (exact) mass is 242 g/mol. The van der Waals surface area contributed by atoms with E-state index >= 15 is 0 Å². The molecule has 0 bridgehead atoms. The number of nitrogens with one attached hydrogen (secondary N) is 1. The number of nitrogens with zero attached hydrogens (tertiary/aromatic N) is 2. The number of hydrogen-bond donors (Lipinski definition) is 2. The van der Waals surface area contributed by atoms with E-state index in [1.54, 1.807) is 0 Å². The van der Waals surface area contributed by atoms with Crippen molar-refractivity contribution in [3.63, 3.8) is 0 Å².